The Hall–Kier alpha value is -3.43. The van der Waals surface area contributed by atoms with Crippen molar-refractivity contribution in [2.24, 2.45) is 5.10 Å². The third-order valence-corrected chi connectivity index (χ3v) is 7.24. The normalized spacial score (nSPS) is 11.8. The lowest BCUT2D eigenvalue weighted by molar-refractivity contribution is 0.0956. The second kappa shape index (κ2) is 8.13. The van der Waals surface area contributed by atoms with Gasteiger partial charge >= 0.3 is 0 Å². The van der Waals surface area contributed by atoms with Crippen LogP contribution in [-0.2, 0) is 10.0 Å². The number of fused-ring (bicyclic) bond motifs is 1. The highest BCUT2D eigenvalue weighted by atomic mass is 32.2. The molecule has 0 radical (unpaired) electrons. The van der Waals surface area contributed by atoms with Gasteiger partial charge in [0.1, 0.15) is 4.21 Å². The number of aromatic nitrogens is 1. The topological polar surface area (TPSA) is 103 Å². The molecule has 9 heteroatoms. The van der Waals surface area contributed by atoms with Crippen LogP contribution >= 0.6 is 11.3 Å². The summed E-state index contributed by atoms with van der Waals surface area (Å²) in [4.78, 5) is 15.9. The molecule has 0 aliphatic rings. The standard InChI is InChI=1S/C21H18N4O3S2/c1-14-17(15-7-2-4-9-18(15)23-14)13-22-24-21(26)16-8-3-5-10-19(16)25-30(27,28)20-11-6-12-29-20/h2-13,23,25H,1H3,(H,24,26)/b22-13+. The minimum Gasteiger partial charge on any atom is -0.358 e. The Morgan fingerprint density at radius 3 is 2.63 bits per heavy atom. The highest BCUT2D eigenvalue weighted by Gasteiger charge is 2.19. The van der Waals surface area contributed by atoms with Crippen LogP contribution in [0.1, 0.15) is 21.6 Å². The Morgan fingerprint density at radius 2 is 1.83 bits per heavy atom. The largest absolute Gasteiger partial charge is 0.358 e. The van der Waals surface area contributed by atoms with Crippen LogP contribution in [0.15, 0.2) is 75.4 Å². The van der Waals surface area contributed by atoms with Gasteiger partial charge in [-0.2, -0.15) is 5.10 Å². The molecule has 1 amide bonds. The van der Waals surface area contributed by atoms with Crippen molar-refractivity contribution in [2.75, 3.05) is 4.72 Å². The van der Waals surface area contributed by atoms with Crippen LogP contribution in [-0.4, -0.2) is 25.5 Å². The number of nitrogens with zero attached hydrogens (tertiary/aromatic N) is 1. The summed E-state index contributed by atoms with van der Waals surface area (Å²) in [5.41, 5.74) is 5.61. The fourth-order valence-electron chi connectivity index (χ4n) is 3.06. The number of amides is 1. The van der Waals surface area contributed by atoms with E-state index in [1.54, 1.807) is 29.8 Å². The predicted octanol–water partition coefficient (Wildman–Crippen LogP) is 4.10. The lowest BCUT2D eigenvalue weighted by Gasteiger charge is -2.10. The van der Waals surface area contributed by atoms with Gasteiger partial charge < -0.3 is 4.98 Å². The summed E-state index contributed by atoms with van der Waals surface area (Å²) in [6, 6.07) is 17.3. The van der Waals surface area contributed by atoms with Gasteiger partial charge in [-0.05, 0) is 36.6 Å². The van der Waals surface area contributed by atoms with Crippen LogP contribution in [0.25, 0.3) is 10.9 Å². The maximum absolute atomic E-state index is 12.6. The van der Waals surface area contributed by atoms with Gasteiger partial charge in [0.25, 0.3) is 15.9 Å². The Morgan fingerprint density at radius 1 is 1.07 bits per heavy atom. The molecule has 2 aromatic heterocycles. The van der Waals surface area contributed by atoms with E-state index in [1.165, 1.54) is 18.2 Å². The maximum atomic E-state index is 12.6. The number of hydrogen-bond acceptors (Lipinski definition) is 5. The van der Waals surface area contributed by atoms with Gasteiger partial charge in [0.05, 0.1) is 17.5 Å². The van der Waals surface area contributed by atoms with Crippen molar-refractivity contribution in [1.29, 1.82) is 0 Å². The van der Waals surface area contributed by atoms with Crippen molar-refractivity contribution in [3.63, 3.8) is 0 Å². The lowest BCUT2D eigenvalue weighted by atomic mass is 10.1. The molecule has 0 spiro atoms. The van der Waals surface area contributed by atoms with Gasteiger partial charge in [-0.15, -0.1) is 11.3 Å². The summed E-state index contributed by atoms with van der Waals surface area (Å²) in [6.07, 6.45) is 1.57. The second-order valence-electron chi connectivity index (χ2n) is 6.49. The number of para-hydroxylation sites is 2. The monoisotopic (exact) mass is 438 g/mol. The third-order valence-electron chi connectivity index (χ3n) is 4.48. The average molecular weight is 439 g/mol. The van der Waals surface area contributed by atoms with Gasteiger partial charge in [-0.1, -0.05) is 36.4 Å². The zero-order valence-corrected chi connectivity index (χ0v) is 17.5. The van der Waals surface area contributed by atoms with Crippen molar-refractivity contribution in [1.82, 2.24) is 10.4 Å². The summed E-state index contributed by atoms with van der Waals surface area (Å²) >= 11 is 1.10. The van der Waals surface area contributed by atoms with E-state index in [2.05, 4.69) is 20.2 Å². The molecule has 0 aliphatic heterocycles. The van der Waals surface area contributed by atoms with E-state index in [4.69, 9.17) is 0 Å². The second-order valence-corrected chi connectivity index (χ2v) is 9.35. The average Bonchev–Trinajstić information content (AvgIpc) is 3.37. The summed E-state index contributed by atoms with van der Waals surface area (Å²) < 4.78 is 27.7. The van der Waals surface area contributed by atoms with Crippen molar-refractivity contribution >= 4 is 50.1 Å². The van der Waals surface area contributed by atoms with E-state index in [0.717, 1.165) is 33.5 Å². The van der Waals surface area contributed by atoms with Crippen LogP contribution in [0.4, 0.5) is 5.69 Å². The summed E-state index contributed by atoms with van der Waals surface area (Å²) in [6.45, 7) is 1.93. The van der Waals surface area contributed by atoms with E-state index in [1.807, 2.05) is 31.2 Å². The molecule has 30 heavy (non-hydrogen) atoms. The highest BCUT2D eigenvalue weighted by Crippen LogP contribution is 2.23. The van der Waals surface area contributed by atoms with E-state index < -0.39 is 15.9 Å². The zero-order valence-electron chi connectivity index (χ0n) is 15.9. The van der Waals surface area contributed by atoms with Crippen molar-refractivity contribution < 1.29 is 13.2 Å². The predicted molar refractivity (Wildman–Crippen MR) is 120 cm³/mol. The first-order valence-electron chi connectivity index (χ1n) is 9.02. The highest BCUT2D eigenvalue weighted by molar-refractivity contribution is 7.94. The molecule has 0 aliphatic carbocycles. The lowest BCUT2D eigenvalue weighted by Crippen LogP contribution is -2.21. The van der Waals surface area contributed by atoms with Gasteiger partial charge in [0.15, 0.2) is 0 Å². The Labute approximate surface area is 177 Å². The first kappa shape index (κ1) is 19.9. The molecule has 4 aromatic rings. The quantitative estimate of drug-likeness (QED) is 0.312. The number of carbonyl (C=O) groups excluding carboxylic acids is 1. The molecule has 152 valence electrons. The van der Waals surface area contributed by atoms with Crippen LogP contribution in [0.2, 0.25) is 0 Å². The number of H-pyrrole nitrogens is 1. The van der Waals surface area contributed by atoms with E-state index in [-0.39, 0.29) is 15.5 Å². The minimum absolute atomic E-state index is 0.172. The maximum Gasteiger partial charge on any atom is 0.273 e. The first-order chi connectivity index (χ1) is 14.5. The fraction of sp³-hybridized carbons (Fsp3) is 0.0476. The molecule has 0 bridgehead atoms. The number of thiophene rings is 1. The SMILES string of the molecule is Cc1[nH]c2ccccc2c1/C=N/NC(=O)c1ccccc1NS(=O)(=O)c1cccs1. The molecule has 0 saturated carbocycles. The molecule has 0 fully saturated rings. The van der Waals surface area contributed by atoms with E-state index in [0.29, 0.717) is 0 Å². The Kier molecular flexibility index (Phi) is 5.39. The minimum atomic E-state index is -3.77. The number of aryl methyl sites for hydroxylation is 1. The summed E-state index contributed by atoms with van der Waals surface area (Å²) in [5, 5.41) is 6.74. The number of hydrazone groups is 1. The van der Waals surface area contributed by atoms with Crippen LogP contribution in [0.3, 0.4) is 0 Å². The molecule has 0 atom stereocenters. The van der Waals surface area contributed by atoms with Crippen LogP contribution in [0.5, 0.6) is 0 Å². The van der Waals surface area contributed by atoms with Crippen molar-refractivity contribution in [3.8, 4) is 0 Å². The van der Waals surface area contributed by atoms with Gasteiger partial charge in [0, 0.05) is 22.2 Å². The molecule has 0 saturated heterocycles. The first-order valence-corrected chi connectivity index (χ1v) is 11.4. The number of aromatic amines is 1. The molecular weight excluding hydrogens is 420 g/mol. The van der Waals surface area contributed by atoms with Gasteiger partial charge in [-0.25, -0.2) is 13.8 Å². The number of hydrogen-bond donors (Lipinski definition) is 3. The molecule has 3 N–H and O–H groups in total. The van der Waals surface area contributed by atoms with Crippen LogP contribution in [0, 0.1) is 6.92 Å². The molecular formula is C21H18N4O3S2. The number of rotatable bonds is 6. The number of sulfonamides is 1. The Bertz CT molecular complexity index is 1340. The van der Waals surface area contributed by atoms with Gasteiger partial charge in [-0.3, -0.25) is 9.52 Å². The third kappa shape index (κ3) is 3.98. The smallest absolute Gasteiger partial charge is 0.273 e. The van der Waals surface area contributed by atoms with Crippen LogP contribution < -0.4 is 10.1 Å². The number of benzene rings is 2. The summed E-state index contributed by atoms with van der Waals surface area (Å²) in [5.74, 6) is -0.520. The molecule has 7 nitrogen and oxygen atoms in total. The van der Waals surface area contributed by atoms with E-state index >= 15 is 0 Å². The Balaban J connectivity index is 1.54. The van der Waals surface area contributed by atoms with Gasteiger partial charge in [0.2, 0.25) is 0 Å². The molecule has 2 heterocycles. The molecule has 0 unspecified atom stereocenters. The van der Waals surface area contributed by atoms with Crippen molar-refractivity contribution in [2.45, 2.75) is 11.1 Å². The molecule has 2 aromatic carbocycles. The van der Waals surface area contributed by atoms with Crippen molar-refractivity contribution in [3.05, 3.63) is 82.9 Å². The number of carbonyl (C=O) groups is 1. The van der Waals surface area contributed by atoms with E-state index in [9.17, 15) is 13.2 Å². The summed E-state index contributed by atoms with van der Waals surface area (Å²) in [7, 11) is -3.77. The zero-order chi connectivity index (χ0) is 21.1. The molecule has 4 rings (SSSR count). The fourth-order valence-corrected chi connectivity index (χ4v) is 5.13. The number of nitrogens with one attached hydrogen (secondary N) is 3. The number of anilines is 1.